The van der Waals surface area contributed by atoms with Gasteiger partial charge < -0.3 is 9.84 Å². The molecule has 19 heavy (non-hydrogen) atoms. The molecule has 0 saturated carbocycles. The molecule has 0 amide bonds. The summed E-state index contributed by atoms with van der Waals surface area (Å²) in [6, 6.07) is 10.3. The lowest BCUT2D eigenvalue weighted by Crippen LogP contribution is -2.03. The van der Waals surface area contributed by atoms with Gasteiger partial charge in [0.25, 0.3) is 0 Å². The van der Waals surface area contributed by atoms with Crippen LogP contribution in [0, 0.1) is 0 Å². The fourth-order valence-electron chi connectivity index (χ4n) is 1.70. The summed E-state index contributed by atoms with van der Waals surface area (Å²) in [5, 5.41) is 10.1. The van der Waals surface area contributed by atoms with Crippen LogP contribution in [0.15, 0.2) is 45.3 Å². The summed E-state index contributed by atoms with van der Waals surface area (Å²) in [4.78, 5) is 12.3. The van der Waals surface area contributed by atoms with E-state index in [0.717, 1.165) is 0 Å². The topological polar surface area (TPSA) is 46.5 Å². The van der Waals surface area contributed by atoms with Crippen LogP contribution in [0.1, 0.15) is 15.9 Å². The molecular formula is C14H10Br2O3. The van der Waals surface area contributed by atoms with E-state index in [2.05, 4.69) is 31.9 Å². The fourth-order valence-corrected chi connectivity index (χ4v) is 3.14. The van der Waals surface area contributed by atoms with Crippen molar-refractivity contribution in [3.63, 3.8) is 0 Å². The number of carbonyl (C=O) groups excluding carboxylic acids is 1. The van der Waals surface area contributed by atoms with E-state index in [-0.39, 0.29) is 17.1 Å². The number of methoxy groups -OCH3 is 1. The van der Waals surface area contributed by atoms with Gasteiger partial charge in [0.15, 0.2) is 11.5 Å². The predicted octanol–water partition coefficient (Wildman–Crippen LogP) is 4.16. The number of phenols is 1. The first kappa shape index (κ1) is 14.1. The summed E-state index contributed by atoms with van der Waals surface area (Å²) < 4.78 is 6.08. The van der Waals surface area contributed by atoms with Gasteiger partial charge in [-0.15, -0.1) is 0 Å². The van der Waals surface area contributed by atoms with Crippen molar-refractivity contribution in [1.29, 1.82) is 0 Å². The Labute approximate surface area is 127 Å². The average molecular weight is 386 g/mol. The maximum Gasteiger partial charge on any atom is 0.196 e. The zero-order chi connectivity index (χ0) is 14.0. The normalized spacial score (nSPS) is 10.3. The third kappa shape index (κ3) is 2.67. The number of aromatic hydroxyl groups is 1. The van der Waals surface area contributed by atoms with Crippen molar-refractivity contribution >= 4 is 37.6 Å². The summed E-state index contributed by atoms with van der Waals surface area (Å²) in [5.74, 6) is 0.0677. The SMILES string of the molecule is COc1c(Br)cc(C(=O)c2ccccc2)c(O)c1Br. The fraction of sp³-hybridized carbons (Fsp3) is 0.0714. The molecule has 2 aromatic rings. The molecule has 0 aliphatic rings. The summed E-state index contributed by atoms with van der Waals surface area (Å²) in [6.45, 7) is 0. The van der Waals surface area contributed by atoms with Crippen LogP contribution >= 0.6 is 31.9 Å². The van der Waals surface area contributed by atoms with E-state index < -0.39 is 0 Å². The second-order valence-electron chi connectivity index (χ2n) is 3.80. The first-order valence-electron chi connectivity index (χ1n) is 5.41. The summed E-state index contributed by atoms with van der Waals surface area (Å²) >= 11 is 6.54. The maximum absolute atomic E-state index is 12.3. The van der Waals surface area contributed by atoms with E-state index >= 15 is 0 Å². The van der Waals surface area contributed by atoms with Gasteiger partial charge in [0.05, 0.1) is 17.1 Å². The van der Waals surface area contributed by atoms with E-state index in [1.165, 1.54) is 7.11 Å². The van der Waals surface area contributed by atoms with Crippen LogP contribution in [-0.4, -0.2) is 18.0 Å². The second kappa shape index (κ2) is 5.75. The highest BCUT2D eigenvalue weighted by atomic mass is 79.9. The van der Waals surface area contributed by atoms with Gasteiger partial charge in [-0.1, -0.05) is 30.3 Å². The molecule has 0 radical (unpaired) electrons. The van der Waals surface area contributed by atoms with Gasteiger partial charge in [0.2, 0.25) is 0 Å². The molecule has 0 fully saturated rings. The Bertz CT molecular complexity index is 624. The molecule has 2 rings (SSSR count). The van der Waals surface area contributed by atoms with Gasteiger partial charge in [-0.25, -0.2) is 0 Å². The molecular weight excluding hydrogens is 376 g/mol. The molecule has 0 atom stereocenters. The zero-order valence-electron chi connectivity index (χ0n) is 9.98. The Morgan fingerprint density at radius 1 is 1.21 bits per heavy atom. The van der Waals surface area contributed by atoms with Crippen molar-refractivity contribution in [3.8, 4) is 11.5 Å². The molecule has 1 N–H and O–H groups in total. The third-order valence-electron chi connectivity index (χ3n) is 2.64. The van der Waals surface area contributed by atoms with Gasteiger partial charge in [-0.05, 0) is 37.9 Å². The van der Waals surface area contributed by atoms with Crippen molar-refractivity contribution < 1.29 is 14.6 Å². The van der Waals surface area contributed by atoms with Crippen LogP contribution in [0.2, 0.25) is 0 Å². The monoisotopic (exact) mass is 384 g/mol. The van der Waals surface area contributed by atoms with Gasteiger partial charge in [0, 0.05) is 5.56 Å². The Balaban J connectivity index is 2.56. The van der Waals surface area contributed by atoms with Crippen LogP contribution in [0.25, 0.3) is 0 Å². The summed E-state index contributed by atoms with van der Waals surface area (Å²) in [7, 11) is 1.49. The lowest BCUT2D eigenvalue weighted by atomic mass is 10.0. The smallest absolute Gasteiger partial charge is 0.196 e. The van der Waals surface area contributed by atoms with E-state index in [4.69, 9.17) is 4.74 Å². The van der Waals surface area contributed by atoms with Crippen LogP contribution in [0.3, 0.4) is 0 Å². The molecule has 0 unspecified atom stereocenters. The van der Waals surface area contributed by atoms with Crippen LogP contribution in [0.5, 0.6) is 11.5 Å². The summed E-state index contributed by atoms with van der Waals surface area (Å²) in [5.41, 5.74) is 0.729. The van der Waals surface area contributed by atoms with Crippen molar-refractivity contribution in [2.45, 2.75) is 0 Å². The van der Waals surface area contributed by atoms with Crippen LogP contribution in [-0.2, 0) is 0 Å². The Kier molecular flexibility index (Phi) is 4.27. The lowest BCUT2D eigenvalue weighted by molar-refractivity contribution is 0.103. The number of hydrogen-bond donors (Lipinski definition) is 1. The highest BCUT2D eigenvalue weighted by molar-refractivity contribution is 9.11. The number of rotatable bonds is 3. The maximum atomic E-state index is 12.3. The third-order valence-corrected chi connectivity index (χ3v) is 3.96. The largest absolute Gasteiger partial charge is 0.506 e. The van der Waals surface area contributed by atoms with Crippen molar-refractivity contribution in [3.05, 3.63) is 56.5 Å². The Morgan fingerprint density at radius 3 is 2.42 bits per heavy atom. The molecule has 0 spiro atoms. The van der Waals surface area contributed by atoms with Gasteiger partial charge in [-0.2, -0.15) is 0 Å². The molecule has 0 saturated heterocycles. The molecule has 5 heteroatoms. The minimum absolute atomic E-state index is 0.131. The van der Waals surface area contributed by atoms with Crippen LogP contribution < -0.4 is 4.74 Å². The molecule has 0 bridgehead atoms. The number of carbonyl (C=O) groups is 1. The second-order valence-corrected chi connectivity index (χ2v) is 5.44. The van der Waals surface area contributed by atoms with Gasteiger partial charge >= 0.3 is 0 Å². The van der Waals surface area contributed by atoms with Crippen molar-refractivity contribution in [1.82, 2.24) is 0 Å². The van der Waals surface area contributed by atoms with E-state index in [9.17, 15) is 9.90 Å². The van der Waals surface area contributed by atoms with Gasteiger partial charge in [-0.3, -0.25) is 4.79 Å². The van der Waals surface area contributed by atoms with E-state index in [1.54, 1.807) is 30.3 Å². The number of ketones is 1. The number of ether oxygens (including phenoxy) is 1. The first-order valence-corrected chi connectivity index (χ1v) is 6.99. The lowest BCUT2D eigenvalue weighted by Gasteiger charge is -2.11. The average Bonchev–Trinajstić information content (AvgIpc) is 2.43. The standard InChI is InChI=1S/C14H10Br2O3/c1-19-14-10(15)7-9(13(18)11(14)16)12(17)8-5-3-2-4-6-8/h2-7,18H,1H3. The van der Waals surface area contributed by atoms with E-state index in [0.29, 0.717) is 20.3 Å². The molecule has 0 aliphatic carbocycles. The first-order chi connectivity index (χ1) is 9.06. The number of phenolic OH excluding ortho intramolecular Hbond substituents is 1. The Hall–Kier alpha value is -1.33. The number of benzene rings is 2. The molecule has 0 aliphatic heterocycles. The Morgan fingerprint density at radius 2 is 1.84 bits per heavy atom. The molecule has 98 valence electrons. The van der Waals surface area contributed by atoms with Gasteiger partial charge in [0.1, 0.15) is 10.2 Å². The highest BCUT2D eigenvalue weighted by Crippen LogP contribution is 2.42. The zero-order valence-corrected chi connectivity index (χ0v) is 13.2. The van der Waals surface area contributed by atoms with E-state index in [1.807, 2.05) is 6.07 Å². The number of hydrogen-bond acceptors (Lipinski definition) is 3. The van der Waals surface area contributed by atoms with Crippen LogP contribution in [0.4, 0.5) is 0 Å². The minimum Gasteiger partial charge on any atom is -0.506 e. The summed E-state index contributed by atoms with van der Waals surface area (Å²) in [6.07, 6.45) is 0. The highest BCUT2D eigenvalue weighted by Gasteiger charge is 2.20. The molecule has 0 aromatic heterocycles. The molecule has 3 nitrogen and oxygen atoms in total. The van der Waals surface area contributed by atoms with Crippen molar-refractivity contribution in [2.75, 3.05) is 7.11 Å². The minimum atomic E-state index is -0.248. The van der Waals surface area contributed by atoms with Crippen molar-refractivity contribution in [2.24, 2.45) is 0 Å². The quantitative estimate of drug-likeness (QED) is 0.807. The molecule has 2 aromatic carbocycles. The predicted molar refractivity (Wildman–Crippen MR) is 79.9 cm³/mol. The molecule has 0 heterocycles. The number of halogens is 2.